The second-order valence-corrected chi connectivity index (χ2v) is 4.27. The van der Waals surface area contributed by atoms with Crippen molar-refractivity contribution < 1.29 is 19.5 Å². The van der Waals surface area contributed by atoms with Crippen LogP contribution in [0.4, 0.5) is 0 Å². The van der Waals surface area contributed by atoms with E-state index in [1.165, 1.54) is 0 Å². The number of rotatable bonds is 4. The molecule has 0 spiro atoms. The molecule has 1 saturated heterocycles. The van der Waals surface area contributed by atoms with Crippen LogP contribution in [-0.2, 0) is 14.4 Å². The third-order valence-corrected chi connectivity index (χ3v) is 2.58. The van der Waals surface area contributed by atoms with E-state index in [9.17, 15) is 14.4 Å². The molecule has 0 bridgehead atoms. The number of nitrogens with one attached hydrogen (secondary N) is 2. The largest absolute Gasteiger partial charge is 0.480 e. The molecule has 1 fully saturated rings. The van der Waals surface area contributed by atoms with E-state index in [0.717, 1.165) is 0 Å². The van der Waals surface area contributed by atoms with E-state index in [2.05, 4.69) is 10.6 Å². The molecule has 0 aliphatic carbocycles. The van der Waals surface area contributed by atoms with Crippen LogP contribution in [0.3, 0.4) is 0 Å². The Hall–Kier alpha value is -1.59. The predicted molar refractivity (Wildman–Crippen MR) is 55.5 cm³/mol. The molecule has 2 unspecified atom stereocenters. The zero-order valence-corrected chi connectivity index (χ0v) is 9.32. The van der Waals surface area contributed by atoms with Crippen LogP contribution in [-0.4, -0.2) is 35.5 Å². The number of amides is 2. The lowest BCUT2D eigenvalue weighted by Gasteiger charge is -2.19. The second kappa shape index (κ2) is 4.96. The van der Waals surface area contributed by atoms with E-state index < -0.39 is 17.9 Å². The third kappa shape index (κ3) is 2.95. The quantitative estimate of drug-likeness (QED) is 0.595. The smallest absolute Gasteiger partial charge is 0.326 e. The summed E-state index contributed by atoms with van der Waals surface area (Å²) in [6.45, 7) is 3.73. The molecular weight excluding hydrogens is 212 g/mol. The van der Waals surface area contributed by atoms with Gasteiger partial charge in [0, 0.05) is 13.0 Å². The van der Waals surface area contributed by atoms with E-state index >= 15 is 0 Å². The Labute approximate surface area is 93.4 Å². The van der Waals surface area contributed by atoms with Crippen LogP contribution >= 0.6 is 0 Å². The molecule has 6 nitrogen and oxygen atoms in total. The highest BCUT2D eigenvalue weighted by atomic mass is 16.4. The van der Waals surface area contributed by atoms with E-state index in [0.29, 0.717) is 0 Å². The Balaban J connectivity index is 2.55. The van der Waals surface area contributed by atoms with Crippen molar-refractivity contribution in [3.05, 3.63) is 0 Å². The molecular formula is C10H16N2O4. The highest BCUT2D eigenvalue weighted by Crippen LogP contribution is 2.10. The maximum Gasteiger partial charge on any atom is 0.326 e. The maximum absolute atomic E-state index is 11.6. The Morgan fingerprint density at radius 2 is 2.12 bits per heavy atom. The van der Waals surface area contributed by atoms with Crippen molar-refractivity contribution in [3.63, 3.8) is 0 Å². The number of carboxylic acids is 1. The summed E-state index contributed by atoms with van der Waals surface area (Å²) in [4.78, 5) is 33.4. The van der Waals surface area contributed by atoms with Gasteiger partial charge in [0.05, 0.1) is 5.92 Å². The number of hydrogen-bond donors (Lipinski definition) is 3. The van der Waals surface area contributed by atoms with Crippen LogP contribution in [0.5, 0.6) is 0 Å². The van der Waals surface area contributed by atoms with Crippen molar-refractivity contribution in [2.45, 2.75) is 26.3 Å². The summed E-state index contributed by atoms with van der Waals surface area (Å²) in [6.07, 6.45) is 0.135. The molecule has 0 aromatic heterocycles. The summed E-state index contributed by atoms with van der Waals surface area (Å²) in [5.74, 6) is -2.24. The van der Waals surface area contributed by atoms with Gasteiger partial charge in [0.2, 0.25) is 11.8 Å². The Kier molecular flexibility index (Phi) is 3.87. The van der Waals surface area contributed by atoms with Crippen LogP contribution in [0.25, 0.3) is 0 Å². The van der Waals surface area contributed by atoms with Crippen LogP contribution in [0, 0.1) is 11.8 Å². The fraction of sp³-hybridized carbons (Fsp3) is 0.700. The summed E-state index contributed by atoms with van der Waals surface area (Å²) < 4.78 is 0. The summed E-state index contributed by atoms with van der Waals surface area (Å²) >= 11 is 0. The minimum Gasteiger partial charge on any atom is -0.480 e. The number of carbonyl (C=O) groups excluding carboxylic acids is 2. The second-order valence-electron chi connectivity index (χ2n) is 4.27. The first-order chi connectivity index (χ1) is 7.41. The summed E-state index contributed by atoms with van der Waals surface area (Å²) in [5, 5.41) is 13.9. The highest BCUT2D eigenvalue weighted by Gasteiger charge is 2.31. The van der Waals surface area contributed by atoms with Crippen LogP contribution in [0.1, 0.15) is 20.3 Å². The van der Waals surface area contributed by atoms with Gasteiger partial charge in [0.25, 0.3) is 0 Å². The van der Waals surface area contributed by atoms with Crippen molar-refractivity contribution >= 4 is 17.8 Å². The van der Waals surface area contributed by atoms with Crippen LogP contribution < -0.4 is 10.6 Å². The zero-order chi connectivity index (χ0) is 12.3. The molecule has 3 N–H and O–H groups in total. The van der Waals surface area contributed by atoms with Gasteiger partial charge in [-0.1, -0.05) is 13.8 Å². The van der Waals surface area contributed by atoms with Gasteiger partial charge in [-0.2, -0.15) is 0 Å². The lowest BCUT2D eigenvalue weighted by molar-refractivity contribution is -0.143. The molecule has 1 aliphatic rings. The summed E-state index contributed by atoms with van der Waals surface area (Å²) in [7, 11) is 0. The molecule has 0 aromatic rings. The highest BCUT2D eigenvalue weighted by molar-refractivity contribution is 5.91. The van der Waals surface area contributed by atoms with Crippen molar-refractivity contribution in [2.24, 2.45) is 11.8 Å². The number of carboxylic acid groups (broad SMARTS) is 1. The van der Waals surface area contributed by atoms with Crippen molar-refractivity contribution in [1.29, 1.82) is 0 Å². The molecule has 0 aromatic carbocycles. The molecule has 0 saturated carbocycles. The minimum atomic E-state index is -1.05. The van der Waals surface area contributed by atoms with E-state index in [1.54, 1.807) is 13.8 Å². The molecule has 90 valence electrons. The molecule has 6 heteroatoms. The van der Waals surface area contributed by atoms with E-state index in [1.807, 2.05) is 0 Å². The molecule has 1 heterocycles. The van der Waals surface area contributed by atoms with Crippen LogP contribution in [0.2, 0.25) is 0 Å². The number of hydrogen-bond acceptors (Lipinski definition) is 3. The predicted octanol–water partition coefficient (Wildman–Crippen LogP) is -0.652. The fourth-order valence-corrected chi connectivity index (χ4v) is 1.58. The van der Waals surface area contributed by atoms with Gasteiger partial charge in [-0.3, -0.25) is 9.59 Å². The maximum atomic E-state index is 11.6. The Bertz CT molecular complexity index is 314. The van der Waals surface area contributed by atoms with Gasteiger partial charge in [-0.15, -0.1) is 0 Å². The minimum absolute atomic E-state index is 0.135. The van der Waals surface area contributed by atoms with Gasteiger partial charge >= 0.3 is 5.97 Å². The molecule has 0 radical (unpaired) electrons. The van der Waals surface area contributed by atoms with Crippen molar-refractivity contribution in [2.75, 3.05) is 6.54 Å². The SMILES string of the molecule is CC(C)C(NC(=O)C1CNC(=O)C1)C(=O)O. The first-order valence-corrected chi connectivity index (χ1v) is 5.21. The van der Waals surface area contributed by atoms with Gasteiger partial charge in [-0.25, -0.2) is 4.79 Å². The summed E-state index contributed by atoms with van der Waals surface area (Å²) in [6, 6.07) is -0.900. The molecule has 16 heavy (non-hydrogen) atoms. The van der Waals surface area contributed by atoms with Crippen LogP contribution in [0.15, 0.2) is 0 Å². The number of aliphatic carboxylic acids is 1. The fourth-order valence-electron chi connectivity index (χ4n) is 1.58. The standard InChI is InChI=1S/C10H16N2O4/c1-5(2)8(10(15)16)12-9(14)6-3-7(13)11-4-6/h5-6,8H,3-4H2,1-2H3,(H,11,13)(H,12,14)(H,15,16). The normalized spacial score (nSPS) is 21.7. The topological polar surface area (TPSA) is 95.5 Å². The monoisotopic (exact) mass is 228 g/mol. The van der Waals surface area contributed by atoms with E-state index in [4.69, 9.17) is 5.11 Å². The lowest BCUT2D eigenvalue weighted by atomic mass is 10.0. The average molecular weight is 228 g/mol. The molecule has 1 rings (SSSR count). The van der Waals surface area contributed by atoms with Crippen molar-refractivity contribution in [3.8, 4) is 0 Å². The Morgan fingerprint density at radius 3 is 2.50 bits per heavy atom. The van der Waals surface area contributed by atoms with E-state index in [-0.39, 0.29) is 30.7 Å². The molecule has 2 atom stereocenters. The number of carbonyl (C=O) groups is 3. The summed E-state index contributed by atoms with van der Waals surface area (Å²) in [5.41, 5.74) is 0. The molecule has 2 amide bonds. The van der Waals surface area contributed by atoms with Gasteiger partial charge in [0.15, 0.2) is 0 Å². The van der Waals surface area contributed by atoms with Gasteiger partial charge in [0.1, 0.15) is 6.04 Å². The Morgan fingerprint density at radius 1 is 1.50 bits per heavy atom. The molecule has 1 aliphatic heterocycles. The zero-order valence-electron chi connectivity index (χ0n) is 9.32. The first-order valence-electron chi connectivity index (χ1n) is 5.21. The van der Waals surface area contributed by atoms with Gasteiger partial charge < -0.3 is 15.7 Å². The van der Waals surface area contributed by atoms with Gasteiger partial charge in [-0.05, 0) is 5.92 Å². The lowest BCUT2D eigenvalue weighted by Crippen LogP contribution is -2.47. The van der Waals surface area contributed by atoms with Crippen molar-refractivity contribution in [1.82, 2.24) is 10.6 Å². The first kappa shape index (κ1) is 12.5. The third-order valence-electron chi connectivity index (χ3n) is 2.58. The average Bonchev–Trinajstić information content (AvgIpc) is 2.59.